The largest absolute Gasteiger partial charge is 0.324 e. The summed E-state index contributed by atoms with van der Waals surface area (Å²) in [6.07, 6.45) is 0. The van der Waals surface area contributed by atoms with E-state index in [1.165, 1.54) is 16.7 Å². The predicted octanol–water partition coefficient (Wildman–Crippen LogP) is 13.2. The van der Waals surface area contributed by atoms with E-state index in [1.54, 1.807) is 0 Å². The van der Waals surface area contributed by atoms with Gasteiger partial charge in [0, 0.05) is 48.3 Å². The quantitative estimate of drug-likeness (QED) is 0.170. The number of fused-ring (bicyclic) bond motifs is 20. The number of benzene rings is 5. The summed E-state index contributed by atoms with van der Waals surface area (Å²) in [4.78, 5) is 39.0. The van der Waals surface area contributed by atoms with Crippen LogP contribution in [-0.4, -0.2) is 39.9 Å². The summed E-state index contributed by atoms with van der Waals surface area (Å²) in [5.41, 5.74) is 11.9. The van der Waals surface area contributed by atoms with Gasteiger partial charge in [-0.25, -0.2) is 29.9 Å². The Bertz CT molecular complexity index is 3200. The monoisotopic (exact) mass is 836 g/mol. The van der Waals surface area contributed by atoms with Crippen LogP contribution in [0.4, 0.5) is 0 Å². The maximum Gasteiger partial charge on any atom is 0.164 e. The second kappa shape index (κ2) is 13.0. The normalized spacial score (nSPS) is 12.9. The predicted molar refractivity (Wildman–Crippen MR) is 245 cm³/mol. The minimum Gasteiger partial charge on any atom is -0.324 e. The summed E-state index contributed by atoms with van der Waals surface area (Å²) in [5, 5.41) is 3.79. The summed E-state index contributed by atoms with van der Waals surface area (Å²) in [5.74, 6) is 2.36. The molecule has 0 spiro atoms. The van der Waals surface area contributed by atoms with Crippen LogP contribution in [0.2, 0.25) is 0 Å². The molecule has 59 heavy (non-hydrogen) atoms. The fraction of sp³-hybridized carbons (Fsp3) is 0.240. The lowest BCUT2D eigenvalue weighted by molar-refractivity contribution is 0.590. The Labute approximate surface area is 351 Å². The molecular formula is C50H45BrN8. The van der Waals surface area contributed by atoms with Crippen LogP contribution in [0.15, 0.2) is 102 Å². The Morgan fingerprint density at radius 2 is 0.729 bits per heavy atom. The van der Waals surface area contributed by atoms with Gasteiger partial charge in [0.2, 0.25) is 0 Å². The number of aromatic amines is 2. The number of hydrogen-bond donors (Lipinski definition) is 2. The van der Waals surface area contributed by atoms with Gasteiger partial charge in [0.05, 0.1) is 0 Å². The highest BCUT2D eigenvalue weighted by molar-refractivity contribution is 9.10. The summed E-state index contributed by atoms with van der Waals surface area (Å²) in [6.45, 7) is 20.0. The molecular weight excluding hydrogens is 793 g/mol. The Hall–Kier alpha value is -6.06. The van der Waals surface area contributed by atoms with Crippen molar-refractivity contribution in [1.29, 1.82) is 0 Å². The van der Waals surface area contributed by atoms with Crippen LogP contribution in [0, 0.1) is 0 Å². The molecule has 8 nitrogen and oxygen atoms in total. The van der Waals surface area contributed by atoms with Gasteiger partial charge in [-0.15, -0.1) is 0 Å². The molecule has 0 atom stereocenters. The standard InChI is InChI=1S/C50H45BrN8/c1-48(2,3)28-13-19-33-37(23-28)46-55-41(33)53-44-36-22-27(26-10-16-31(51)17-11-26)12-18-32(36)40(52-44)54-45-38-24-29(49(4,5)6)14-20-34(38)42(56-45)58-47-39-25-30(50(7,8)9)15-21-35(39)43(57-46)59-47/h10-25H,1-9H3,(H2,52,53,54,55,56,57,58,59). The first-order chi connectivity index (χ1) is 28.0. The summed E-state index contributed by atoms with van der Waals surface area (Å²) in [6, 6.07) is 34.4. The SMILES string of the molecule is CC(C)(C)c1ccc2c(c1)-c1nc-2nc2[nH]c(nc3nc(nc4[nH]c(n1)c1ccc(-c5ccc(Br)cc5)cc41)-c1ccc(C(C)(C)C)cc1-3)c1ccc(C(C)(C)C)cc21. The van der Waals surface area contributed by atoms with Gasteiger partial charge < -0.3 is 9.97 Å². The molecule has 2 N–H and O–H groups in total. The van der Waals surface area contributed by atoms with Crippen molar-refractivity contribution in [3.8, 4) is 56.7 Å². The van der Waals surface area contributed by atoms with Gasteiger partial charge in [-0.2, -0.15) is 0 Å². The number of rotatable bonds is 1. The molecule has 292 valence electrons. The first-order valence-corrected chi connectivity index (χ1v) is 20.9. The van der Waals surface area contributed by atoms with Crippen molar-refractivity contribution < 1.29 is 0 Å². The van der Waals surface area contributed by atoms with Gasteiger partial charge in [0.1, 0.15) is 22.6 Å². The van der Waals surface area contributed by atoms with Crippen molar-refractivity contribution in [3.05, 3.63) is 118 Å². The zero-order valence-corrected chi connectivity index (χ0v) is 36.4. The van der Waals surface area contributed by atoms with E-state index in [0.717, 1.165) is 59.4 Å². The maximum atomic E-state index is 5.33. The Morgan fingerprint density at radius 1 is 0.356 bits per heavy atom. The van der Waals surface area contributed by atoms with Crippen LogP contribution in [0.3, 0.4) is 0 Å². The third kappa shape index (κ3) is 6.43. The minimum atomic E-state index is -0.0824. The molecule has 0 amide bonds. The Morgan fingerprint density at radius 3 is 1.20 bits per heavy atom. The first kappa shape index (κ1) is 37.2. The van der Waals surface area contributed by atoms with Gasteiger partial charge >= 0.3 is 0 Å². The van der Waals surface area contributed by atoms with Gasteiger partial charge in [-0.3, -0.25) is 0 Å². The molecule has 5 heterocycles. The number of hydrogen-bond acceptors (Lipinski definition) is 6. The number of nitrogens with one attached hydrogen (secondary N) is 2. The van der Waals surface area contributed by atoms with Gasteiger partial charge in [-0.1, -0.05) is 133 Å². The minimum absolute atomic E-state index is 0.0738. The molecule has 3 aromatic heterocycles. The molecule has 0 unspecified atom stereocenters. The highest BCUT2D eigenvalue weighted by Gasteiger charge is 2.26. The molecule has 0 fully saturated rings. The zero-order valence-electron chi connectivity index (χ0n) is 34.8. The van der Waals surface area contributed by atoms with Crippen molar-refractivity contribution in [2.45, 2.75) is 78.6 Å². The average molecular weight is 838 g/mol. The van der Waals surface area contributed by atoms with E-state index in [0.29, 0.717) is 45.9 Å². The van der Waals surface area contributed by atoms with Crippen LogP contribution in [0.5, 0.6) is 0 Å². The number of H-pyrrole nitrogens is 2. The van der Waals surface area contributed by atoms with E-state index in [1.807, 2.05) is 0 Å². The molecule has 0 saturated carbocycles. The molecule has 5 aromatic carbocycles. The molecule has 0 radical (unpaired) electrons. The van der Waals surface area contributed by atoms with Crippen molar-refractivity contribution in [2.24, 2.45) is 0 Å². The summed E-state index contributed by atoms with van der Waals surface area (Å²) >= 11 is 3.59. The third-order valence-electron chi connectivity index (χ3n) is 11.6. The molecule has 2 aliphatic heterocycles. The maximum absolute atomic E-state index is 5.33. The number of halogens is 1. The van der Waals surface area contributed by atoms with E-state index < -0.39 is 0 Å². The van der Waals surface area contributed by atoms with E-state index in [4.69, 9.17) is 29.9 Å². The second-order valence-corrected chi connectivity index (χ2v) is 19.8. The fourth-order valence-electron chi connectivity index (χ4n) is 8.02. The molecule has 9 heteroatoms. The van der Waals surface area contributed by atoms with Crippen molar-refractivity contribution in [1.82, 2.24) is 39.9 Å². The van der Waals surface area contributed by atoms with Crippen molar-refractivity contribution in [3.63, 3.8) is 0 Å². The lowest BCUT2D eigenvalue weighted by Gasteiger charge is -2.19. The molecule has 2 aliphatic rings. The van der Waals surface area contributed by atoms with Crippen molar-refractivity contribution >= 4 is 60.1 Å². The zero-order chi connectivity index (χ0) is 41.2. The Kier molecular flexibility index (Phi) is 8.18. The number of nitrogens with zero attached hydrogens (tertiary/aromatic N) is 6. The van der Waals surface area contributed by atoms with Gasteiger partial charge in [0.15, 0.2) is 23.3 Å². The van der Waals surface area contributed by atoms with E-state index in [-0.39, 0.29) is 16.2 Å². The van der Waals surface area contributed by atoms with Crippen LogP contribution >= 0.6 is 15.9 Å². The molecule has 8 aromatic rings. The number of aromatic nitrogens is 8. The van der Waals surface area contributed by atoms with Crippen LogP contribution < -0.4 is 0 Å². The van der Waals surface area contributed by atoms with E-state index in [2.05, 4.69) is 185 Å². The Balaban J connectivity index is 1.36. The molecule has 0 aliphatic carbocycles. The van der Waals surface area contributed by atoms with E-state index >= 15 is 0 Å². The fourth-order valence-corrected chi connectivity index (χ4v) is 8.28. The molecule has 10 rings (SSSR count). The summed E-state index contributed by atoms with van der Waals surface area (Å²) < 4.78 is 1.03. The highest BCUT2D eigenvalue weighted by atomic mass is 79.9. The van der Waals surface area contributed by atoms with Crippen LogP contribution in [0.1, 0.15) is 79.0 Å². The van der Waals surface area contributed by atoms with Crippen LogP contribution in [-0.2, 0) is 16.2 Å². The first-order valence-electron chi connectivity index (χ1n) is 20.1. The topological polar surface area (TPSA) is 109 Å². The average Bonchev–Trinajstić information content (AvgIpc) is 3.91. The lowest BCUT2D eigenvalue weighted by atomic mass is 9.85. The molecule has 0 saturated heterocycles. The van der Waals surface area contributed by atoms with E-state index in [9.17, 15) is 0 Å². The highest BCUT2D eigenvalue weighted by Crippen LogP contribution is 2.41. The lowest BCUT2D eigenvalue weighted by Crippen LogP contribution is -2.10. The van der Waals surface area contributed by atoms with Crippen LogP contribution in [0.25, 0.3) is 101 Å². The third-order valence-corrected chi connectivity index (χ3v) is 12.1. The molecule has 8 bridgehead atoms. The second-order valence-electron chi connectivity index (χ2n) is 18.9. The smallest absolute Gasteiger partial charge is 0.164 e. The van der Waals surface area contributed by atoms with Crippen molar-refractivity contribution in [2.75, 3.05) is 0 Å². The van der Waals surface area contributed by atoms with Gasteiger partial charge in [-0.05, 0) is 86.5 Å². The summed E-state index contributed by atoms with van der Waals surface area (Å²) in [7, 11) is 0. The van der Waals surface area contributed by atoms with Gasteiger partial charge in [0.25, 0.3) is 0 Å².